The highest BCUT2D eigenvalue weighted by atomic mass is 16.3. The van der Waals surface area contributed by atoms with Crippen molar-refractivity contribution in [2.24, 2.45) is 0 Å². The lowest BCUT2D eigenvalue weighted by Gasteiger charge is -2.20. The lowest BCUT2D eigenvalue weighted by molar-refractivity contribution is 0.476. The number of phenolic OH excluding ortho intramolecular Hbond substituents is 1. The maximum absolute atomic E-state index is 10.9. The molecule has 1 N–H and O–H groups in total. The van der Waals surface area contributed by atoms with Crippen LogP contribution in [0.3, 0.4) is 0 Å². The van der Waals surface area contributed by atoms with Crippen LogP contribution in [0.15, 0.2) is 126 Å². The smallest absolute Gasteiger partial charge is 0.146 e. The van der Waals surface area contributed by atoms with Gasteiger partial charge >= 0.3 is 0 Å². The first-order valence-corrected chi connectivity index (χ1v) is 17.9. The van der Waals surface area contributed by atoms with Crippen LogP contribution < -0.4 is 0 Å². The summed E-state index contributed by atoms with van der Waals surface area (Å²) in [6.45, 7) is 8.99. The van der Waals surface area contributed by atoms with Crippen molar-refractivity contribution in [3.05, 3.63) is 144 Å². The van der Waals surface area contributed by atoms with E-state index >= 15 is 0 Å². The topological polar surface area (TPSA) is 64.1 Å². The second kappa shape index (κ2) is 12.1. The van der Waals surface area contributed by atoms with Crippen molar-refractivity contribution in [2.75, 3.05) is 0 Å². The van der Waals surface area contributed by atoms with E-state index in [2.05, 4.69) is 129 Å². The van der Waals surface area contributed by atoms with Crippen LogP contribution in [-0.4, -0.2) is 19.6 Å². The molecule has 0 amide bonds. The molecule has 5 nitrogen and oxygen atoms in total. The maximum Gasteiger partial charge on any atom is 0.146 e. The standard InChI is InChI=1S/C46H39N3O2/c1-27(2)33-22-34(28(3)4)24-35(23-33)49-26-39(38-20-18-31-17-16-30-12-8-14-40(50)43(30)45(31)47-38)48-46(49)36-13-9-15-42-44(36)37-25-32(19-21-41(37)51-42)29-10-6-5-7-11-29/h5-15,18-28,50H,16-17H2,1-4H3. The zero-order chi connectivity index (χ0) is 34.8. The minimum Gasteiger partial charge on any atom is -0.507 e. The molecule has 0 saturated heterocycles. The van der Waals surface area contributed by atoms with Crippen LogP contribution in [0, 0.1) is 0 Å². The first-order valence-electron chi connectivity index (χ1n) is 17.9. The number of phenols is 1. The number of aromatic nitrogens is 3. The number of aromatic hydroxyl groups is 1. The summed E-state index contributed by atoms with van der Waals surface area (Å²) < 4.78 is 8.71. The van der Waals surface area contributed by atoms with Gasteiger partial charge in [0.25, 0.3) is 0 Å². The van der Waals surface area contributed by atoms with E-state index in [-0.39, 0.29) is 5.75 Å². The fraction of sp³-hybridized carbons (Fsp3) is 0.174. The normalized spacial score (nSPS) is 12.6. The molecule has 0 bridgehead atoms. The fourth-order valence-corrected chi connectivity index (χ4v) is 7.56. The second-order valence-electron chi connectivity index (χ2n) is 14.4. The summed E-state index contributed by atoms with van der Waals surface area (Å²) in [5.41, 5.74) is 14.1. The summed E-state index contributed by atoms with van der Waals surface area (Å²) in [4.78, 5) is 10.6. The van der Waals surface area contributed by atoms with Gasteiger partial charge in [0.2, 0.25) is 0 Å². The van der Waals surface area contributed by atoms with Gasteiger partial charge in [-0.25, -0.2) is 9.97 Å². The van der Waals surface area contributed by atoms with Gasteiger partial charge in [0.05, 0.1) is 11.4 Å². The van der Waals surface area contributed by atoms with E-state index in [1.165, 1.54) is 11.1 Å². The third kappa shape index (κ3) is 5.32. The highest BCUT2D eigenvalue weighted by molar-refractivity contribution is 6.13. The number of furan rings is 1. The van der Waals surface area contributed by atoms with E-state index in [0.29, 0.717) is 11.8 Å². The summed E-state index contributed by atoms with van der Waals surface area (Å²) in [6, 6.07) is 40.0. The Hall–Kier alpha value is -5.94. The average molecular weight is 666 g/mol. The first-order chi connectivity index (χ1) is 24.8. The third-order valence-electron chi connectivity index (χ3n) is 10.4. The van der Waals surface area contributed by atoms with Gasteiger partial charge in [-0.3, -0.25) is 4.57 Å². The summed E-state index contributed by atoms with van der Waals surface area (Å²) >= 11 is 0. The van der Waals surface area contributed by atoms with Crippen molar-refractivity contribution in [3.8, 4) is 56.6 Å². The molecule has 0 unspecified atom stereocenters. The molecule has 250 valence electrons. The predicted octanol–water partition coefficient (Wildman–Crippen LogP) is 11.9. The van der Waals surface area contributed by atoms with Gasteiger partial charge < -0.3 is 9.52 Å². The molecule has 8 aromatic rings. The molecule has 1 aliphatic rings. The number of hydrogen-bond acceptors (Lipinski definition) is 4. The van der Waals surface area contributed by atoms with E-state index < -0.39 is 0 Å². The number of imidazole rings is 1. The Kier molecular flexibility index (Phi) is 7.39. The summed E-state index contributed by atoms with van der Waals surface area (Å²) in [6.07, 6.45) is 3.90. The minimum absolute atomic E-state index is 0.268. The number of pyridine rings is 1. The molecule has 3 aromatic heterocycles. The minimum atomic E-state index is 0.268. The molecule has 1 aliphatic carbocycles. The van der Waals surface area contributed by atoms with E-state index in [1.807, 2.05) is 18.2 Å². The van der Waals surface area contributed by atoms with Crippen LogP contribution in [0.2, 0.25) is 0 Å². The highest BCUT2D eigenvalue weighted by Gasteiger charge is 2.24. The Morgan fingerprint density at radius 3 is 2.20 bits per heavy atom. The Morgan fingerprint density at radius 1 is 0.647 bits per heavy atom. The van der Waals surface area contributed by atoms with Crippen LogP contribution >= 0.6 is 0 Å². The van der Waals surface area contributed by atoms with Crippen molar-refractivity contribution in [3.63, 3.8) is 0 Å². The zero-order valence-electron chi connectivity index (χ0n) is 29.3. The molecule has 0 fully saturated rings. The average Bonchev–Trinajstić information content (AvgIpc) is 3.77. The molecule has 3 heterocycles. The third-order valence-corrected chi connectivity index (χ3v) is 10.4. The number of benzene rings is 5. The van der Waals surface area contributed by atoms with Crippen molar-refractivity contribution >= 4 is 21.9 Å². The molecule has 5 heteroatoms. The SMILES string of the molecule is CC(C)c1cc(C(C)C)cc(-n2cc(-c3ccc4c(n3)-c3c(O)cccc3CC4)nc2-c2cccc3oc4ccc(-c5ccccc5)cc4c23)c1. The van der Waals surface area contributed by atoms with Gasteiger partial charge in [0.15, 0.2) is 0 Å². The number of aryl methyl sites for hydroxylation is 2. The van der Waals surface area contributed by atoms with E-state index in [0.717, 1.165) is 96.8 Å². The monoisotopic (exact) mass is 665 g/mol. The molecule has 0 saturated carbocycles. The predicted molar refractivity (Wildman–Crippen MR) is 208 cm³/mol. The van der Waals surface area contributed by atoms with Crippen molar-refractivity contribution in [2.45, 2.75) is 52.4 Å². The molecule has 0 atom stereocenters. The van der Waals surface area contributed by atoms with E-state index in [1.54, 1.807) is 6.07 Å². The van der Waals surface area contributed by atoms with Crippen molar-refractivity contribution in [1.29, 1.82) is 0 Å². The van der Waals surface area contributed by atoms with Gasteiger partial charge in [-0.2, -0.15) is 0 Å². The zero-order valence-corrected chi connectivity index (χ0v) is 29.3. The largest absolute Gasteiger partial charge is 0.507 e. The summed E-state index contributed by atoms with van der Waals surface area (Å²) in [5.74, 6) is 1.81. The number of rotatable bonds is 6. The summed E-state index contributed by atoms with van der Waals surface area (Å²) in [7, 11) is 0. The summed E-state index contributed by atoms with van der Waals surface area (Å²) in [5, 5.41) is 13.0. The van der Waals surface area contributed by atoms with Gasteiger partial charge in [-0.1, -0.05) is 100 Å². The van der Waals surface area contributed by atoms with Crippen molar-refractivity contribution < 1.29 is 9.52 Å². The van der Waals surface area contributed by atoms with Crippen LogP contribution in [0.1, 0.15) is 61.8 Å². The molecule has 51 heavy (non-hydrogen) atoms. The number of nitrogens with zero attached hydrogens (tertiary/aromatic N) is 3. The Labute approximate surface area is 297 Å². The van der Waals surface area contributed by atoms with Crippen LogP contribution in [-0.2, 0) is 12.8 Å². The molecule has 5 aromatic carbocycles. The lowest BCUT2D eigenvalue weighted by Crippen LogP contribution is -2.06. The highest BCUT2D eigenvalue weighted by Crippen LogP contribution is 2.42. The second-order valence-corrected chi connectivity index (χ2v) is 14.4. The maximum atomic E-state index is 10.9. The number of hydrogen-bond donors (Lipinski definition) is 1. The Balaban J connectivity index is 1.30. The van der Waals surface area contributed by atoms with Gasteiger partial charge in [-0.05, 0) is 101 Å². The Morgan fingerprint density at radius 2 is 1.41 bits per heavy atom. The Bertz CT molecular complexity index is 2580. The van der Waals surface area contributed by atoms with Gasteiger partial charge in [-0.15, -0.1) is 0 Å². The van der Waals surface area contributed by atoms with E-state index in [4.69, 9.17) is 14.4 Å². The molecular weight excluding hydrogens is 627 g/mol. The lowest BCUT2D eigenvalue weighted by atomic mass is 9.88. The van der Waals surface area contributed by atoms with E-state index in [9.17, 15) is 5.11 Å². The molecular formula is C46H39N3O2. The molecule has 9 rings (SSSR count). The molecule has 0 aliphatic heterocycles. The molecule has 0 radical (unpaired) electrons. The van der Waals surface area contributed by atoms with Crippen molar-refractivity contribution in [1.82, 2.24) is 14.5 Å². The number of fused-ring (bicyclic) bond motifs is 6. The van der Waals surface area contributed by atoms with Crippen LogP contribution in [0.25, 0.3) is 72.8 Å². The fourth-order valence-electron chi connectivity index (χ4n) is 7.56. The van der Waals surface area contributed by atoms with Crippen LogP contribution in [0.5, 0.6) is 5.75 Å². The molecule has 0 spiro atoms. The quantitative estimate of drug-likeness (QED) is 0.192. The van der Waals surface area contributed by atoms with Gasteiger partial charge in [0, 0.05) is 33.8 Å². The van der Waals surface area contributed by atoms with Gasteiger partial charge in [0.1, 0.15) is 28.4 Å². The first kappa shape index (κ1) is 31.1. The van der Waals surface area contributed by atoms with Crippen LogP contribution in [0.4, 0.5) is 0 Å².